The summed E-state index contributed by atoms with van der Waals surface area (Å²) in [4.78, 5) is 15.6. The van der Waals surface area contributed by atoms with E-state index >= 15 is 0 Å². The van der Waals surface area contributed by atoms with E-state index in [0.29, 0.717) is 0 Å². The fourth-order valence-corrected chi connectivity index (χ4v) is 3.63. The second kappa shape index (κ2) is 9.03. The quantitative estimate of drug-likeness (QED) is 0.538. The van der Waals surface area contributed by atoms with Gasteiger partial charge in [-0.15, -0.1) is 0 Å². The molecule has 0 spiro atoms. The number of nitro groups is 1. The van der Waals surface area contributed by atoms with Gasteiger partial charge in [0.1, 0.15) is 11.5 Å². The minimum absolute atomic E-state index is 0.196. The van der Waals surface area contributed by atoms with Gasteiger partial charge in [-0.25, -0.2) is 0 Å². The highest BCUT2D eigenvalue weighted by atomic mass is 16.6. The van der Waals surface area contributed by atoms with Gasteiger partial charge in [-0.05, 0) is 30.7 Å². The van der Waals surface area contributed by atoms with Gasteiger partial charge in [0, 0.05) is 56.5 Å². The van der Waals surface area contributed by atoms with Crippen molar-refractivity contribution in [2.75, 3.05) is 40.4 Å². The van der Waals surface area contributed by atoms with E-state index < -0.39 is 0 Å². The zero-order chi connectivity index (χ0) is 20.1. The van der Waals surface area contributed by atoms with Crippen LogP contribution >= 0.6 is 0 Å². The average Bonchev–Trinajstić information content (AvgIpc) is 2.70. The highest BCUT2D eigenvalue weighted by molar-refractivity contribution is 5.44. The molecule has 1 aliphatic rings. The number of hydrogen-bond donors (Lipinski definition) is 0. The number of hydrogen-bond acceptors (Lipinski definition) is 6. The van der Waals surface area contributed by atoms with Crippen LogP contribution in [0.25, 0.3) is 0 Å². The smallest absolute Gasteiger partial charge is 0.272 e. The van der Waals surface area contributed by atoms with Crippen LogP contribution in [0.3, 0.4) is 0 Å². The third-order valence-corrected chi connectivity index (χ3v) is 5.35. The van der Waals surface area contributed by atoms with E-state index in [4.69, 9.17) is 9.47 Å². The first-order valence-corrected chi connectivity index (χ1v) is 9.40. The van der Waals surface area contributed by atoms with E-state index in [1.165, 1.54) is 0 Å². The van der Waals surface area contributed by atoms with Gasteiger partial charge in [-0.2, -0.15) is 0 Å². The van der Waals surface area contributed by atoms with Crippen molar-refractivity contribution in [3.63, 3.8) is 0 Å². The van der Waals surface area contributed by atoms with Crippen molar-refractivity contribution < 1.29 is 14.4 Å². The van der Waals surface area contributed by atoms with Crippen LogP contribution in [-0.4, -0.2) is 55.1 Å². The average molecular weight is 385 g/mol. The maximum absolute atomic E-state index is 11.1. The molecule has 0 radical (unpaired) electrons. The third kappa shape index (κ3) is 4.61. The Morgan fingerprint density at radius 3 is 2.18 bits per heavy atom. The normalized spacial score (nSPS) is 15.4. The molecule has 1 fully saturated rings. The van der Waals surface area contributed by atoms with E-state index in [-0.39, 0.29) is 10.6 Å². The molecule has 0 atom stereocenters. The number of benzene rings is 2. The van der Waals surface area contributed by atoms with Crippen molar-refractivity contribution in [3.05, 3.63) is 63.2 Å². The van der Waals surface area contributed by atoms with Crippen LogP contribution in [0.2, 0.25) is 0 Å². The zero-order valence-electron chi connectivity index (χ0n) is 16.7. The molecule has 0 N–H and O–H groups in total. The summed E-state index contributed by atoms with van der Waals surface area (Å²) in [6.45, 7) is 7.11. The van der Waals surface area contributed by atoms with E-state index in [2.05, 4.69) is 9.80 Å². The van der Waals surface area contributed by atoms with Crippen molar-refractivity contribution in [2.24, 2.45) is 0 Å². The van der Waals surface area contributed by atoms with Gasteiger partial charge in [0.15, 0.2) is 0 Å². The molecule has 7 heteroatoms. The number of piperazine rings is 1. The van der Waals surface area contributed by atoms with Crippen LogP contribution in [0.15, 0.2) is 36.4 Å². The van der Waals surface area contributed by atoms with Gasteiger partial charge in [0.05, 0.1) is 19.1 Å². The summed E-state index contributed by atoms with van der Waals surface area (Å²) in [7, 11) is 3.35. The van der Waals surface area contributed by atoms with Crippen molar-refractivity contribution in [1.82, 2.24) is 9.80 Å². The van der Waals surface area contributed by atoms with Crippen LogP contribution in [-0.2, 0) is 13.1 Å². The van der Waals surface area contributed by atoms with Crippen LogP contribution in [0, 0.1) is 17.0 Å². The molecule has 0 aliphatic carbocycles. The Morgan fingerprint density at radius 1 is 0.964 bits per heavy atom. The van der Waals surface area contributed by atoms with Crippen molar-refractivity contribution >= 4 is 5.69 Å². The van der Waals surface area contributed by atoms with Crippen molar-refractivity contribution in [3.8, 4) is 11.5 Å². The molecule has 2 aromatic rings. The predicted octanol–water partition coefficient (Wildman–Crippen LogP) is 3.24. The first kappa shape index (κ1) is 20.1. The van der Waals surface area contributed by atoms with Gasteiger partial charge < -0.3 is 9.47 Å². The van der Waals surface area contributed by atoms with Gasteiger partial charge in [0.25, 0.3) is 5.69 Å². The molecule has 0 amide bonds. The summed E-state index contributed by atoms with van der Waals surface area (Å²) in [5, 5.41) is 11.1. The van der Waals surface area contributed by atoms with Gasteiger partial charge in [0.2, 0.25) is 0 Å². The number of methoxy groups -OCH3 is 2. The third-order valence-electron chi connectivity index (χ3n) is 5.35. The molecule has 0 unspecified atom stereocenters. The molecule has 150 valence electrons. The SMILES string of the molecule is COc1ccc(OC)c(CN2CCN(Cc3cccc([N+](=O)[O-])c3C)CC2)c1. The van der Waals surface area contributed by atoms with E-state index in [1.807, 2.05) is 31.2 Å². The summed E-state index contributed by atoms with van der Waals surface area (Å²) >= 11 is 0. The lowest BCUT2D eigenvalue weighted by Crippen LogP contribution is -2.45. The Bertz CT molecular complexity index is 832. The maximum Gasteiger partial charge on any atom is 0.272 e. The van der Waals surface area contributed by atoms with Crippen LogP contribution in [0.5, 0.6) is 11.5 Å². The molecule has 1 heterocycles. The zero-order valence-corrected chi connectivity index (χ0v) is 16.7. The maximum atomic E-state index is 11.1. The van der Waals surface area contributed by atoms with Crippen molar-refractivity contribution in [1.29, 1.82) is 0 Å². The first-order valence-electron chi connectivity index (χ1n) is 9.40. The summed E-state index contributed by atoms with van der Waals surface area (Å²) in [6.07, 6.45) is 0. The molecular formula is C21H27N3O4. The highest BCUT2D eigenvalue weighted by Crippen LogP contribution is 2.26. The molecule has 0 saturated carbocycles. The molecule has 2 aromatic carbocycles. The molecule has 1 saturated heterocycles. The van der Waals surface area contributed by atoms with Crippen LogP contribution in [0.4, 0.5) is 5.69 Å². The predicted molar refractivity (Wildman–Crippen MR) is 108 cm³/mol. The monoisotopic (exact) mass is 385 g/mol. The Hall–Kier alpha value is -2.64. The minimum atomic E-state index is -0.307. The molecule has 1 aliphatic heterocycles. The minimum Gasteiger partial charge on any atom is -0.497 e. The second-order valence-electron chi connectivity index (χ2n) is 7.05. The number of nitro benzene ring substituents is 1. The lowest BCUT2D eigenvalue weighted by molar-refractivity contribution is -0.385. The van der Waals surface area contributed by atoms with E-state index in [9.17, 15) is 10.1 Å². The Morgan fingerprint density at radius 2 is 1.61 bits per heavy atom. The second-order valence-corrected chi connectivity index (χ2v) is 7.05. The van der Waals surface area contributed by atoms with Gasteiger partial charge in [-0.3, -0.25) is 19.9 Å². The number of ether oxygens (including phenoxy) is 2. The molecule has 7 nitrogen and oxygen atoms in total. The number of nitrogens with zero attached hydrogens (tertiary/aromatic N) is 3. The van der Waals surface area contributed by atoms with Gasteiger partial charge in [-0.1, -0.05) is 12.1 Å². The van der Waals surface area contributed by atoms with Gasteiger partial charge >= 0.3 is 0 Å². The largest absolute Gasteiger partial charge is 0.497 e. The molecule has 0 bridgehead atoms. The van der Waals surface area contributed by atoms with Crippen molar-refractivity contribution in [2.45, 2.75) is 20.0 Å². The Kier molecular flexibility index (Phi) is 6.49. The fourth-order valence-electron chi connectivity index (χ4n) is 3.63. The number of rotatable bonds is 7. The summed E-state index contributed by atoms with van der Waals surface area (Å²) in [5.74, 6) is 1.70. The summed E-state index contributed by atoms with van der Waals surface area (Å²) < 4.78 is 10.8. The molecule has 3 rings (SSSR count). The van der Waals surface area contributed by atoms with E-state index in [1.54, 1.807) is 26.4 Å². The molecular weight excluding hydrogens is 358 g/mol. The standard InChI is InChI=1S/C21H27N3O4/c1-16-17(5-4-6-20(16)24(25)26)14-22-9-11-23(12-10-22)15-18-13-19(27-2)7-8-21(18)28-3/h4-8,13H,9-12,14-15H2,1-3H3. The Labute approximate surface area is 165 Å². The molecule has 28 heavy (non-hydrogen) atoms. The fraction of sp³-hybridized carbons (Fsp3) is 0.429. The molecule has 0 aromatic heterocycles. The van der Waals surface area contributed by atoms with Crippen LogP contribution < -0.4 is 9.47 Å². The highest BCUT2D eigenvalue weighted by Gasteiger charge is 2.21. The van der Waals surface area contributed by atoms with Crippen LogP contribution in [0.1, 0.15) is 16.7 Å². The van der Waals surface area contributed by atoms with E-state index in [0.717, 1.165) is 67.5 Å². The summed E-state index contributed by atoms with van der Waals surface area (Å²) in [6, 6.07) is 11.2. The first-order chi connectivity index (χ1) is 13.5. The lowest BCUT2D eigenvalue weighted by Gasteiger charge is -2.35. The topological polar surface area (TPSA) is 68.1 Å². The summed E-state index contributed by atoms with van der Waals surface area (Å²) in [5.41, 5.74) is 3.10. The Balaban J connectivity index is 1.60. The lowest BCUT2D eigenvalue weighted by atomic mass is 10.1.